The molecule has 1 aromatic carbocycles. The van der Waals surface area contributed by atoms with Crippen molar-refractivity contribution in [2.24, 2.45) is 0 Å². The summed E-state index contributed by atoms with van der Waals surface area (Å²) < 4.78 is 6.31. The maximum Gasteiger partial charge on any atom is 0.133 e. The summed E-state index contributed by atoms with van der Waals surface area (Å²) in [5.74, 6) is 0.886. The summed E-state index contributed by atoms with van der Waals surface area (Å²) in [5.41, 5.74) is 2.53. The van der Waals surface area contributed by atoms with Crippen molar-refractivity contribution in [3.63, 3.8) is 0 Å². The minimum atomic E-state index is 0.886. The van der Waals surface area contributed by atoms with E-state index in [1.165, 1.54) is 11.3 Å². The van der Waals surface area contributed by atoms with Crippen molar-refractivity contribution in [3.8, 4) is 5.75 Å². The minimum Gasteiger partial charge on any atom is -0.496 e. The average molecular weight is 396 g/mol. The number of aromatic nitrogens is 1. The van der Waals surface area contributed by atoms with Gasteiger partial charge in [0.1, 0.15) is 5.75 Å². The van der Waals surface area contributed by atoms with Gasteiger partial charge in [-0.3, -0.25) is 9.80 Å². The van der Waals surface area contributed by atoms with Crippen molar-refractivity contribution < 1.29 is 4.74 Å². The van der Waals surface area contributed by atoms with E-state index < -0.39 is 0 Å². The predicted octanol–water partition coefficient (Wildman–Crippen LogP) is 3.54. The lowest BCUT2D eigenvalue weighted by Crippen LogP contribution is -2.45. The molecule has 2 aromatic rings. The van der Waals surface area contributed by atoms with Crippen molar-refractivity contribution in [2.75, 3.05) is 33.3 Å². The summed E-state index contributed by atoms with van der Waals surface area (Å²) >= 11 is 5.30. The van der Waals surface area contributed by atoms with Crippen LogP contribution in [0.5, 0.6) is 5.75 Å². The Morgan fingerprint density at radius 2 is 1.87 bits per heavy atom. The second-order valence-electron chi connectivity index (χ2n) is 5.88. The van der Waals surface area contributed by atoms with Crippen LogP contribution >= 0.6 is 27.3 Å². The Morgan fingerprint density at radius 3 is 2.43 bits per heavy atom. The maximum atomic E-state index is 5.29. The van der Waals surface area contributed by atoms with E-state index in [1.54, 1.807) is 18.4 Å². The van der Waals surface area contributed by atoms with Gasteiger partial charge in [0, 0.05) is 44.6 Å². The molecule has 1 saturated heterocycles. The summed E-state index contributed by atoms with van der Waals surface area (Å²) in [6.07, 6.45) is 0. The van der Waals surface area contributed by atoms with E-state index in [-0.39, 0.29) is 0 Å². The first-order chi connectivity index (χ1) is 11.1. The number of hydrogen-bond donors (Lipinski definition) is 0. The van der Waals surface area contributed by atoms with Crippen LogP contribution in [0.3, 0.4) is 0 Å². The SMILES string of the molecule is COc1ccc(CN2CCN(Cc3csc(C)n3)CC2)cc1Br. The molecule has 3 rings (SSSR count). The van der Waals surface area contributed by atoms with Gasteiger partial charge in [-0.1, -0.05) is 6.07 Å². The van der Waals surface area contributed by atoms with E-state index in [0.717, 1.165) is 54.5 Å². The number of ether oxygens (including phenoxy) is 1. The first-order valence-corrected chi connectivity index (χ1v) is 9.49. The van der Waals surface area contributed by atoms with Crippen LogP contribution in [0, 0.1) is 6.92 Å². The number of rotatable bonds is 5. The van der Waals surface area contributed by atoms with Crippen LogP contribution in [-0.2, 0) is 13.1 Å². The molecule has 2 heterocycles. The lowest BCUT2D eigenvalue weighted by atomic mass is 10.2. The zero-order chi connectivity index (χ0) is 16.2. The molecule has 1 aliphatic heterocycles. The molecule has 1 aliphatic rings. The third-order valence-corrected chi connectivity index (χ3v) is 5.58. The van der Waals surface area contributed by atoms with E-state index in [4.69, 9.17) is 4.74 Å². The number of thiazole rings is 1. The van der Waals surface area contributed by atoms with Crippen LogP contribution in [0.4, 0.5) is 0 Å². The van der Waals surface area contributed by atoms with Crippen LogP contribution in [0.1, 0.15) is 16.3 Å². The largest absolute Gasteiger partial charge is 0.496 e. The molecule has 0 atom stereocenters. The van der Waals surface area contributed by atoms with E-state index in [2.05, 4.69) is 55.2 Å². The van der Waals surface area contributed by atoms with Gasteiger partial charge in [0.15, 0.2) is 0 Å². The Kier molecular flexibility index (Phi) is 5.69. The summed E-state index contributed by atoms with van der Waals surface area (Å²) in [6, 6.07) is 6.33. The summed E-state index contributed by atoms with van der Waals surface area (Å²) in [7, 11) is 1.70. The van der Waals surface area contributed by atoms with Gasteiger partial charge in [-0.05, 0) is 40.5 Å². The summed E-state index contributed by atoms with van der Waals surface area (Å²) in [4.78, 5) is 9.57. The van der Waals surface area contributed by atoms with E-state index in [9.17, 15) is 0 Å². The third kappa shape index (κ3) is 4.53. The molecule has 0 radical (unpaired) electrons. The van der Waals surface area contributed by atoms with E-state index >= 15 is 0 Å². The average Bonchev–Trinajstić information content (AvgIpc) is 2.95. The monoisotopic (exact) mass is 395 g/mol. The lowest BCUT2D eigenvalue weighted by molar-refractivity contribution is 0.121. The maximum absolute atomic E-state index is 5.29. The van der Waals surface area contributed by atoms with Crippen molar-refractivity contribution in [1.82, 2.24) is 14.8 Å². The highest BCUT2D eigenvalue weighted by Crippen LogP contribution is 2.26. The summed E-state index contributed by atoms with van der Waals surface area (Å²) in [6.45, 7) is 8.46. The molecule has 4 nitrogen and oxygen atoms in total. The summed E-state index contributed by atoms with van der Waals surface area (Å²) in [5, 5.41) is 3.33. The van der Waals surface area contributed by atoms with Gasteiger partial charge in [0.05, 0.1) is 22.3 Å². The fourth-order valence-corrected chi connectivity index (χ4v) is 4.07. The molecule has 1 fully saturated rings. The molecule has 0 amide bonds. The second kappa shape index (κ2) is 7.75. The number of benzene rings is 1. The molecule has 1 aromatic heterocycles. The van der Waals surface area contributed by atoms with Gasteiger partial charge in [0.2, 0.25) is 0 Å². The lowest BCUT2D eigenvalue weighted by Gasteiger charge is -2.34. The highest BCUT2D eigenvalue weighted by Gasteiger charge is 2.18. The molecule has 6 heteroatoms. The van der Waals surface area contributed by atoms with Crippen LogP contribution in [-0.4, -0.2) is 48.1 Å². The van der Waals surface area contributed by atoms with Crippen LogP contribution in [0.25, 0.3) is 0 Å². The van der Waals surface area contributed by atoms with Gasteiger partial charge in [-0.2, -0.15) is 0 Å². The number of aryl methyl sites for hydroxylation is 1. The van der Waals surface area contributed by atoms with Crippen LogP contribution < -0.4 is 4.74 Å². The Morgan fingerprint density at radius 1 is 1.17 bits per heavy atom. The molecule has 0 N–H and O–H groups in total. The number of nitrogens with zero attached hydrogens (tertiary/aromatic N) is 3. The van der Waals surface area contributed by atoms with Gasteiger partial charge in [0.25, 0.3) is 0 Å². The Bertz CT molecular complexity index is 653. The van der Waals surface area contributed by atoms with Crippen molar-refractivity contribution in [1.29, 1.82) is 0 Å². The first kappa shape index (κ1) is 16.9. The molecule has 0 spiro atoms. The molecular formula is C17H22BrN3OS. The Labute approximate surface area is 150 Å². The van der Waals surface area contributed by atoms with Crippen LogP contribution in [0.2, 0.25) is 0 Å². The molecule has 0 unspecified atom stereocenters. The van der Waals surface area contributed by atoms with Crippen LogP contribution in [0.15, 0.2) is 28.1 Å². The van der Waals surface area contributed by atoms with Crippen molar-refractivity contribution in [3.05, 3.63) is 44.3 Å². The standard InChI is InChI=1S/C17H22BrN3OS/c1-13-19-15(12-23-13)11-21-7-5-20(6-8-21)10-14-3-4-17(22-2)16(18)9-14/h3-4,9,12H,5-8,10-11H2,1-2H3. The topological polar surface area (TPSA) is 28.6 Å². The van der Waals surface area contributed by atoms with Gasteiger partial charge in [-0.15, -0.1) is 11.3 Å². The van der Waals surface area contributed by atoms with Gasteiger partial charge < -0.3 is 4.74 Å². The molecular weight excluding hydrogens is 374 g/mol. The Hall–Kier alpha value is -0.950. The number of methoxy groups -OCH3 is 1. The fourth-order valence-electron chi connectivity index (χ4n) is 2.88. The second-order valence-corrected chi connectivity index (χ2v) is 7.80. The molecule has 0 aliphatic carbocycles. The van der Waals surface area contributed by atoms with E-state index in [1.807, 2.05) is 6.07 Å². The number of halogens is 1. The third-order valence-electron chi connectivity index (χ3n) is 4.14. The smallest absolute Gasteiger partial charge is 0.133 e. The highest BCUT2D eigenvalue weighted by atomic mass is 79.9. The molecule has 124 valence electrons. The normalized spacial score (nSPS) is 16.7. The quantitative estimate of drug-likeness (QED) is 0.773. The highest BCUT2D eigenvalue weighted by molar-refractivity contribution is 9.10. The van der Waals surface area contributed by atoms with Gasteiger partial charge >= 0.3 is 0 Å². The van der Waals surface area contributed by atoms with Crippen molar-refractivity contribution in [2.45, 2.75) is 20.0 Å². The molecule has 0 bridgehead atoms. The zero-order valence-electron chi connectivity index (χ0n) is 13.6. The molecule has 0 saturated carbocycles. The number of hydrogen-bond acceptors (Lipinski definition) is 5. The molecule has 23 heavy (non-hydrogen) atoms. The minimum absolute atomic E-state index is 0.886. The zero-order valence-corrected chi connectivity index (χ0v) is 16.0. The van der Waals surface area contributed by atoms with E-state index in [0.29, 0.717) is 0 Å². The fraction of sp³-hybridized carbons (Fsp3) is 0.471. The number of piperazine rings is 1. The first-order valence-electron chi connectivity index (χ1n) is 7.82. The van der Waals surface area contributed by atoms with Crippen molar-refractivity contribution >= 4 is 27.3 Å². The van der Waals surface area contributed by atoms with Gasteiger partial charge in [-0.25, -0.2) is 4.98 Å². The predicted molar refractivity (Wildman–Crippen MR) is 98.1 cm³/mol. The Balaban J connectivity index is 1.50.